The molecule has 2 aromatic carbocycles. The van der Waals surface area contributed by atoms with Gasteiger partial charge >= 0.3 is 10.2 Å². The minimum absolute atomic E-state index is 0.0107. The fourth-order valence-electron chi connectivity index (χ4n) is 4.67. The molecule has 1 N–H and O–H groups in total. The zero-order chi connectivity index (χ0) is 28.9. The second kappa shape index (κ2) is 13.4. The van der Waals surface area contributed by atoms with Crippen LogP contribution in [0, 0.1) is 13.8 Å². The second-order valence-electron chi connectivity index (χ2n) is 10.4. The van der Waals surface area contributed by atoms with Gasteiger partial charge in [-0.1, -0.05) is 60.7 Å². The van der Waals surface area contributed by atoms with E-state index in [0.29, 0.717) is 26.9 Å². The molecule has 0 heterocycles. The molecular weight excluding hydrogens is 559 g/mol. The van der Waals surface area contributed by atoms with E-state index in [-0.39, 0.29) is 18.5 Å². The van der Waals surface area contributed by atoms with Crippen molar-refractivity contribution >= 4 is 50.9 Å². The number of amides is 2. The molecule has 1 fully saturated rings. The molecule has 214 valence electrons. The normalized spacial score (nSPS) is 15.2. The summed E-state index contributed by atoms with van der Waals surface area (Å²) >= 11 is 12.5. The van der Waals surface area contributed by atoms with Gasteiger partial charge in [-0.15, -0.1) is 0 Å². The highest BCUT2D eigenvalue weighted by atomic mass is 35.5. The van der Waals surface area contributed by atoms with E-state index in [2.05, 4.69) is 5.32 Å². The SMILES string of the molecule is Cc1ccc(C)c(N(CC(=O)N(Cc2ccc(Cl)cc2Cl)[C@@H](C)C(=O)NC2CCCCC2)S(=O)(=O)N(C)C)c1. The smallest absolute Gasteiger partial charge is 0.304 e. The number of aryl methyl sites for hydroxylation is 2. The highest BCUT2D eigenvalue weighted by molar-refractivity contribution is 7.90. The van der Waals surface area contributed by atoms with Crippen LogP contribution in [0.2, 0.25) is 10.0 Å². The van der Waals surface area contributed by atoms with Gasteiger partial charge in [-0.25, -0.2) is 4.31 Å². The van der Waals surface area contributed by atoms with Crippen molar-refractivity contribution in [2.75, 3.05) is 24.9 Å². The Morgan fingerprint density at radius 3 is 2.31 bits per heavy atom. The summed E-state index contributed by atoms with van der Waals surface area (Å²) in [6, 6.07) is 9.58. The molecule has 2 aromatic rings. The van der Waals surface area contributed by atoms with Gasteiger partial charge in [0.2, 0.25) is 11.8 Å². The summed E-state index contributed by atoms with van der Waals surface area (Å²) in [4.78, 5) is 28.7. The highest BCUT2D eigenvalue weighted by Crippen LogP contribution is 2.27. The van der Waals surface area contributed by atoms with Gasteiger partial charge in [0.05, 0.1) is 5.69 Å². The van der Waals surface area contributed by atoms with Gasteiger partial charge in [0.25, 0.3) is 0 Å². The van der Waals surface area contributed by atoms with Crippen LogP contribution in [0.3, 0.4) is 0 Å². The number of hydrogen-bond donors (Lipinski definition) is 1. The molecule has 0 unspecified atom stereocenters. The van der Waals surface area contributed by atoms with E-state index in [4.69, 9.17) is 23.2 Å². The van der Waals surface area contributed by atoms with Gasteiger partial charge in [0, 0.05) is 36.7 Å². The lowest BCUT2D eigenvalue weighted by Crippen LogP contribution is -2.53. The first kappa shape index (κ1) is 31.2. The van der Waals surface area contributed by atoms with Crippen LogP contribution in [0.1, 0.15) is 55.7 Å². The number of anilines is 1. The van der Waals surface area contributed by atoms with E-state index in [1.807, 2.05) is 19.1 Å². The second-order valence-corrected chi connectivity index (χ2v) is 13.3. The Bertz CT molecular complexity index is 1300. The van der Waals surface area contributed by atoms with E-state index in [1.165, 1.54) is 19.0 Å². The molecule has 0 aliphatic heterocycles. The van der Waals surface area contributed by atoms with E-state index in [0.717, 1.165) is 46.3 Å². The van der Waals surface area contributed by atoms with Crippen molar-refractivity contribution in [3.05, 3.63) is 63.1 Å². The van der Waals surface area contributed by atoms with Gasteiger partial charge < -0.3 is 10.2 Å². The average Bonchev–Trinajstić information content (AvgIpc) is 2.88. The molecule has 1 atom stereocenters. The average molecular weight is 598 g/mol. The Hall–Kier alpha value is -2.33. The Morgan fingerprint density at radius 1 is 1.03 bits per heavy atom. The number of carbonyl (C=O) groups is 2. The number of benzene rings is 2. The molecule has 1 aliphatic rings. The van der Waals surface area contributed by atoms with E-state index >= 15 is 0 Å². The predicted molar refractivity (Wildman–Crippen MR) is 157 cm³/mol. The third kappa shape index (κ3) is 7.87. The van der Waals surface area contributed by atoms with Crippen LogP contribution in [0.5, 0.6) is 0 Å². The van der Waals surface area contributed by atoms with Crippen molar-refractivity contribution in [3.8, 4) is 0 Å². The molecule has 39 heavy (non-hydrogen) atoms. The van der Waals surface area contributed by atoms with Gasteiger partial charge in [0.1, 0.15) is 12.6 Å². The maximum absolute atomic E-state index is 14.0. The van der Waals surface area contributed by atoms with Crippen molar-refractivity contribution in [1.82, 2.24) is 14.5 Å². The number of rotatable bonds is 10. The third-order valence-electron chi connectivity index (χ3n) is 7.13. The molecule has 1 aliphatic carbocycles. The highest BCUT2D eigenvalue weighted by Gasteiger charge is 2.34. The Kier molecular flexibility index (Phi) is 10.7. The fraction of sp³-hybridized carbons (Fsp3) is 0.500. The van der Waals surface area contributed by atoms with Gasteiger partial charge in [-0.3, -0.25) is 9.59 Å². The van der Waals surface area contributed by atoms with Gasteiger partial charge in [-0.05, 0) is 68.5 Å². The molecule has 0 spiro atoms. The van der Waals surface area contributed by atoms with Crippen LogP contribution >= 0.6 is 23.2 Å². The van der Waals surface area contributed by atoms with E-state index in [1.54, 1.807) is 38.1 Å². The third-order valence-corrected chi connectivity index (χ3v) is 9.52. The number of hydrogen-bond acceptors (Lipinski definition) is 4. The summed E-state index contributed by atoms with van der Waals surface area (Å²) in [5.41, 5.74) is 2.56. The van der Waals surface area contributed by atoms with Crippen molar-refractivity contribution in [3.63, 3.8) is 0 Å². The van der Waals surface area contributed by atoms with Crippen LogP contribution in [0.4, 0.5) is 5.69 Å². The van der Waals surface area contributed by atoms with Crippen molar-refractivity contribution < 1.29 is 18.0 Å². The van der Waals surface area contributed by atoms with E-state index < -0.39 is 28.7 Å². The lowest BCUT2D eigenvalue weighted by Gasteiger charge is -2.34. The number of nitrogens with zero attached hydrogens (tertiary/aromatic N) is 3. The predicted octanol–water partition coefficient (Wildman–Crippen LogP) is 5.09. The first-order valence-electron chi connectivity index (χ1n) is 13.1. The molecule has 0 saturated heterocycles. The van der Waals surface area contributed by atoms with Crippen molar-refractivity contribution in [2.24, 2.45) is 0 Å². The summed E-state index contributed by atoms with van der Waals surface area (Å²) in [5, 5.41) is 3.89. The minimum Gasteiger partial charge on any atom is -0.352 e. The fourth-order valence-corrected chi connectivity index (χ4v) is 6.26. The number of carbonyl (C=O) groups excluding carboxylic acids is 2. The first-order valence-corrected chi connectivity index (χ1v) is 15.3. The zero-order valence-corrected chi connectivity index (χ0v) is 25.5. The first-order chi connectivity index (χ1) is 18.3. The standard InChI is InChI=1S/C28H38Cl2N4O4S/c1-19-11-12-20(2)26(15-19)34(39(37,38)32(4)5)18-27(35)33(17-22-13-14-23(29)16-25(22)30)21(3)28(36)31-24-9-7-6-8-10-24/h11-16,21,24H,6-10,17-18H2,1-5H3,(H,31,36)/t21-/m0/s1. The van der Waals surface area contributed by atoms with Crippen LogP contribution in [0.15, 0.2) is 36.4 Å². The summed E-state index contributed by atoms with van der Waals surface area (Å²) in [7, 11) is -1.20. The monoisotopic (exact) mass is 596 g/mol. The number of nitrogens with one attached hydrogen (secondary N) is 1. The largest absolute Gasteiger partial charge is 0.352 e. The van der Waals surface area contributed by atoms with Gasteiger partial charge in [-0.2, -0.15) is 12.7 Å². The molecule has 0 aromatic heterocycles. The van der Waals surface area contributed by atoms with Gasteiger partial charge in [0.15, 0.2) is 0 Å². The maximum Gasteiger partial charge on any atom is 0.304 e. The van der Waals surface area contributed by atoms with Crippen LogP contribution in [0.25, 0.3) is 0 Å². The molecule has 8 nitrogen and oxygen atoms in total. The summed E-state index contributed by atoms with van der Waals surface area (Å²) in [6.07, 6.45) is 5.05. The Morgan fingerprint density at radius 2 is 1.69 bits per heavy atom. The summed E-state index contributed by atoms with van der Waals surface area (Å²) < 4.78 is 29.0. The van der Waals surface area contributed by atoms with Crippen LogP contribution in [-0.2, 0) is 26.3 Å². The van der Waals surface area contributed by atoms with Crippen molar-refractivity contribution in [2.45, 2.75) is 71.5 Å². The topological polar surface area (TPSA) is 90.0 Å². The zero-order valence-electron chi connectivity index (χ0n) is 23.2. The lowest BCUT2D eigenvalue weighted by atomic mass is 9.95. The molecule has 0 bridgehead atoms. The molecule has 11 heteroatoms. The molecule has 1 saturated carbocycles. The summed E-state index contributed by atoms with van der Waals surface area (Å²) in [5.74, 6) is -0.812. The van der Waals surface area contributed by atoms with Crippen molar-refractivity contribution in [1.29, 1.82) is 0 Å². The lowest BCUT2D eigenvalue weighted by molar-refractivity contribution is -0.139. The Labute approximate surface area is 242 Å². The quantitative estimate of drug-likeness (QED) is 0.413. The maximum atomic E-state index is 14.0. The molecular formula is C28H38Cl2N4O4S. The summed E-state index contributed by atoms with van der Waals surface area (Å²) in [6.45, 7) is 4.83. The molecule has 3 rings (SSSR count). The Balaban J connectivity index is 1.98. The van der Waals surface area contributed by atoms with Crippen LogP contribution < -0.4 is 9.62 Å². The minimum atomic E-state index is -4.04. The number of halogens is 2. The van der Waals surface area contributed by atoms with Crippen LogP contribution in [-0.4, -0.2) is 62.2 Å². The molecule has 2 amide bonds. The molecule has 0 radical (unpaired) electrons. The van der Waals surface area contributed by atoms with E-state index in [9.17, 15) is 18.0 Å².